The predicted molar refractivity (Wildman–Crippen MR) is 88.7 cm³/mol. The number of benzene rings is 2. The fourth-order valence-corrected chi connectivity index (χ4v) is 3.65. The second kappa shape index (κ2) is 6.60. The van der Waals surface area contributed by atoms with Gasteiger partial charge in [-0.1, -0.05) is 30.3 Å². The van der Waals surface area contributed by atoms with Crippen molar-refractivity contribution in [3.05, 3.63) is 71.4 Å². The highest BCUT2D eigenvalue weighted by Crippen LogP contribution is 2.27. The van der Waals surface area contributed by atoms with Crippen LogP contribution in [0.2, 0.25) is 0 Å². The maximum absolute atomic E-state index is 12.7. The van der Waals surface area contributed by atoms with Crippen LogP contribution in [0.3, 0.4) is 0 Å². The van der Waals surface area contributed by atoms with Crippen molar-refractivity contribution >= 4 is 9.84 Å². The Morgan fingerprint density at radius 2 is 1.76 bits per heavy atom. The third-order valence-corrected chi connectivity index (χ3v) is 4.97. The average molecular weight is 349 g/mol. The maximum Gasteiger partial charge on any atom is 0.257 e. The van der Waals surface area contributed by atoms with Crippen LogP contribution in [0.4, 0.5) is 0 Å². The zero-order valence-corrected chi connectivity index (χ0v) is 13.7. The summed E-state index contributed by atoms with van der Waals surface area (Å²) in [5, 5.41) is 17.7. The van der Waals surface area contributed by atoms with Crippen LogP contribution in [-0.4, -0.2) is 13.4 Å². The van der Waals surface area contributed by atoms with Gasteiger partial charge in [-0.2, -0.15) is 15.5 Å². The van der Waals surface area contributed by atoms with Gasteiger partial charge >= 0.3 is 0 Å². The van der Waals surface area contributed by atoms with Crippen LogP contribution in [-0.2, 0) is 15.6 Å². The molecular formula is C18H11N3O3S. The largest absolute Gasteiger partial charge is 0.423 e. The molecule has 0 amide bonds. The van der Waals surface area contributed by atoms with Crippen molar-refractivity contribution in [1.82, 2.24) is 4.98 Å². The van der Waals surface area contributed by atoms with E-state index < -0.39 is 14.9 Å². The van der Waals surface area contributed by atoms with E-state index in [1.54, 1.807) is 54.6 Å². The number of oxazole rings is 1. The molecule has 25 heavy (non-hydrogen) atoms. The van der Waals surface area contributed by atoms with Crippen LogP contribution >= 0.6 is 0 Å². The van der Waals surface area contributed by atoms with Gasteiger partial charge in [0.1, 0.15) is 6.07 Å². The molecule has 0 spiro atoms. The molecule has 0 radical (unpaired) electrons. The zero-order valence-electron chi connectivity index (χ0n) is 12.9. The van der Waals surface area contributed by atoms with Crippen molar-refractivity contribution in [2.45, 2.75) is 10.8 Å². The summed E-state index contributed by atoms with van der Waals surface area (Å²) in [7, 11) is -3.93. The van der Waals surface area contributed by atoms with Gasteiger partial charge in [0.2, 0.25) is 15.7 Å². The Bertz CT molecular complexity index is 1100. The quantitative estimate of drug-likeness (QED) is 0.716. The lowest BCUT2D eigenvalue weighted by Crippen LogP contribution is -2.06. The fraction of sp³-hybridized carbons (Fsp3) is 0.0556. The van der Waals surface area contributed by atoms with Crippen molar-refractivity contribution in [1.29, 1.82) is 10.5 Å². The Morgan fingerprint density at radius 3 is 2.44 bits per heavy atom. The molecule has 0 aliphatic heterocycles. The van der Waals surface area contributed by atoms with E-state index in [2.05, 4.69) is 4.98 Å². The highest BCUT2D eigenvalue weighted by molar-refractivity contribution is 7.90. The first-order chi connectivity index (χ1) is 12.0. The maximum atomic E-state index is 12.7. The SMILES string of the molecule is N#Cc1cccc(CS(=O)(=O)c2oc(-c3ccccc3)nc2C#N)c1. The molecule has 0 N–H and O–H groups in total. The van der Waals surface area contributed by atoms with Gasteiger partial charge in [-0.05, 0) is 29.8 Å². The van der Waals surface area contributed by atoms with Gasteiger partial charge in [-0.3, -0.25) is 0 Å². The van der Waals surface area contributed by atoms with Crippen LogP contribution in [0.25, 0.3) is 11.5 Å². The Kier molecular flexibility index (Phi) is 4.34. The van der Waals surface area contributed by atoms with Crippen molar-refractivity contribution in [3.8, 4) is 23.6 Å². The van der Waals surface area contributed by atoms with Gasteiger partial charge in [-0.15, -0.1) is 0 Å². The smallest absolute Gasteiger partial charge is 0.257 e. The van der Waals surface area contributed by atoms with E-state index in [4.69, 9.17) is 9.68 Å². The van der Waals surface area contributed by atoms with Crippen LogP contribution in [0, 0.1) is 22.7 Å². The summed E-state index contributed by atoms with van der Waals surface area (Å²) in [5.41, 5.74) is 1.08. The molecule has 1 aromatic heterocycles. The summed E-state index contributed by atoms with van der Waals surface area (Å²) in [6.45, 7) is 0. The molecule has 0 aliphatic rings. The number of nitrogens with zero attached hydrogens (tertiary/aromatic N) is 3. The first kappa shape index (κ1) is 16.4. The molecule has 3 aromatic rings. The molecule has 2 aromatic carbocycles. The highest BCUT2D eigenvalue weighted by Gasteiger charge is 2.27. The van der Waals surface area contributed by atoms with Gasteiger partial charge in [0.25, 0.3) is 5.09 Å². The Hall–Kier alpha value is -3.42. The van der Waals surface area contributed by atoms with Crippen molar-refractivity contribution < 1.29 is 12.8 Å². The second-order valence-corrected chi connectivity index (χ2v) is 7.09. The Morgan fingerprint density at radius 1 is 1.00 bits per heavy atom. The van der Waals surface area contributed by atoms with Crippen LogP contribution in [0.1, 0.15) is 16.8 Å². The molecule has 0 fully saturated rings. The second-order valence-electron chi connectivity index (χ2n) is 5.20. The van der Waals surface area contributed by atoms with Gasteiger partial charge in [-0.25, -0.2) is 8.42 Å². The molecule has 122 valence electrons. The number of rotatable bonds is 4. The number of hydrogen-bond donors (Lipinski definition) is 0. The molecule has 0 saturated carbocycles. The summed E-state index contributed by atoms with van der Waals surface area (Å²) in [4.78, 5) is 3.98. The zero-order chi connectivity index (χ0) is 17.9. The molecule has 7 heteroatoms. The van der Waals surface area contributed by atoms with Gasteiger partial charge in [0.15, 0.2) is 5.69 Å². The van der Waals surface area contributed by atoms with Crippen LogP contribution < -0.4 is 0 Å². The van der Waals surface area contributed by atoms with E-state index in [9.17, 15) is 13.7 Å². The third-order valence-electron chi connectivity index (χ3n) is 3.42. The molecular weight excluding hydrogens is 338 g/mol. The summed E-state index contributed by atoms with van der Waals surface area (Å²) in [6.07, 6.45) is 0. The van der Waals surface area contributed by atoms with E-state index in [1.165, 1.54) is 6.07 Å². The number of sulfone groups is 1. The van der Waals surface area contributed by atoms with Gasteiger partial charge in [0.05, 0.1) is 17.4 Å². The van der Waals surface area contributed by atoms with Gasteiger partial charge < -0.3 is 4.42 Å². The molecule has 0 aliphatic carbocycles. The highest BCUT2D eigenvalue weighted by atomic mass is 32.2. The lowest BCUT2D eigenvalue weighted by Gasteiger charge is -2.02. The summed E-state index contributed by atoms with van der Waals surface area (Å²) in [5.74, 6) is -0.317. The van der Waals surface area contributed by atoms with E-state index in [1.807, 2.05) is 6.07 Å². The monoisotopic (exact) mass is 349 g/mol. The van der Waals surface area contributed by atoms with Crippen molar-refractivity contribution in [2.24, 2.45) is 0 Å². The van der Waals surface area contributed by atoms with E-state index in [-0.39, 0.29) is 17.3 Å². The molecule has 0 unspecified atom stereocenters. The minimum Gasteiger partial charge on any atom is -0.423 e. The lowest BCUT2D eigenvalue weighted by molar-refractivity contribution is 0.457. The fourth-order valence-electron chi connectivity index (χ4n) is 2.31. The normalized spacial score (nSPS) is 10.8. The minimum absolute atomic E-state index is 0.0708. The van der Waals surface area contributed by atoms with Crippen LogP contribution in [0.5, 0.6) is 0 Å². The standard InChI is InChI=1S/C18H11N3O3S/c19-10-13-5-4-6-14(9-13)12-25(22,23)18-16(11-20)21-17(24-18)15-7-2-1-3-8-15/h1-9H,12H2. The molecule has 0 saturated heterocycles. The van der Waals surface area contributed by atoms with Crippen molar-refractivity contribution in [3.63, 3.8) is 0 Å². The first-order valence-corrected chi connectivity index (χ1v) is 8.87. The number of hydrogen-bond acceptors (Lipinski definition) is 6. The third kappa shape index (κ3) is 3.42. The van der Waals surface area contributed by atoms with E-state index in [0.29, 0.717) is 16.7 Å². The summed E-state index contributed by atoms with van der Waals surface area (Å²) < 4.78 is 30.7. The molecule has 3 rings (SSSR count). The van der Waals surface area contributed by atoms with Gasteiger partial charge in [0, 0.05) is 5.56 Å². The summed E-state index contributed by atoms with van der Waals surface area (Å²) in [6, 6.07) is 18.7. The average Bonchev–Trinajstić information content (AvgIpc) is 3.08. The molecule has 6 nitrogen and oxygen atoms in total. The lowest BCUT2D eigenvalue weighted by atomic mass is 10.2. The Balaban J connectivity index is 2.01. The summed E-state index contributed by atoms with van der Waals surface area (Å²) >= 11 is 0. The van der Waals surface area contributed by atoms with Crippen LogP contribution in [0.15, 0.2) is 64.1 Å². The minimum atomic E-state index is -3.93. The predicted octanol–water partition coefficient (Wildman–Crippen LogP) is 3.06. The first-order valence-electron chi connectivity index (χ1n) is 7.21. The van der Waals surface area contributed by atoms with E-state index >= 15 is 0 Å². The van der Waals surface area contributed by atoms with E-state index in [0.717, 1.165) is 0 Å². The number of nitriles is 2. The number of aromatic nitrogens is 1. The Labute approximate surface area is 144 Å². The molecule has 1 heterocycles. The molecule has 0 bridgehead atoms. The van der Waals surface area contributed by atoms with Crippen molar-refractivity contribution in [2.75, 3.05) is 0 Å². The topological polar surface area (TPSA) is 108 Å². The molecule has 0 atom stereocenters.